The number of nitrogens with zero attached hydrogens (tertiary/aromatic N) is 4. The van der Waals surface area contributed by atoms with Crippen molar-refractivity contribution in [2.75, 3.05) is 37.6 Å². The quantitative estimate of drug-likeness (QED) is 0.663. The third-order valence-electron chi connectivity index (χ3n) is 3.20. The van der Waals surface area contributed by atoms with Crippen LogP contribution < -0.4 is 4.90 Å². The highest BCUT2D eigenvalue weighted by Crippen LogP contribution is 2.28. The smallest absolute Gasteiger partial charge is 0.313 e. The van der Waals surface area contributed by atoms with Gasteiger partial charge in [0.05, 0.1) is 16.0 Å². The summed E-state index contributed by atoms with van der Waals surface area (Å²) in [7, 11) is 0. The number of aliphatic hydroxyl groups excluding tert-OH is 1. The Morgan fingerprint density at radius 1 is 1.50 bits per heavy atom. The molecule has 8 heteroatoms. The van der Waals surface area contributed by atoms with Crippen molar-refractivity contribution in [2.45, 2.75) is 13.0 Å². The SMILES string of the molecule is C[C@@H](O)CN1CCN(c2ncc(Cl)cc2[N+](=O)[O-])CC1. The van der Waals surface area contributed by atoms with E-state index in [4.69, 9.17) is 11.6 Å². The van der Waals surface area contributed by atoms with Crippen LogP contribution >= 0.6 is 11.6 Å². The van der Waals surface area contributed by atoms with Crippen molar-refractivity contribution in [3.63, 3.8) is 0 Å². The predicted octanol–water partition coefficient (Wildman–Crippen LogP) is 1.15. The van der Waals surface area contributed by atoms with Crippen molar-refractivity contribution < 1.29 is 10.0 Å². The van der Waals surface area contributed by atoms with E-state index in [9.17, 15) is 15.2 Å². The zero-order valence-electron chi connectivity index (χ0n) is 11.2. The Morgan fingerprint density at radius 2 is 2.15 bits per heavy atom. The van der Waals surface area contributed by atoms with E-state index in [-0.39, 0.29) is 16.8 Å². The molecular weight excluding hydrogens is 284 g/mol. The molecule has 2 heterocycles. The average Bonchev–Trinajstić information content (AvgIpc) is 2.39. The minimum absolute atomic E-state index is 0.0681. The Balaban J connectivity index is 2.09. The summed E-state index contributed by atoms with van der Waals surface area (Å²) in [6.07, 6.45) is 1.05. The molecule has 0 unspecified atom stereocenters. The van der Waals surface area contributed by atoms with E-state index in [1.807, 2.05) is 4.90 Å². The van der Waals surface area contributed by atoms with Crippen LogP contribution in [0.3, 0.4) is 0 Å². The lowest BCUT2D eigenvalue weighted by molar-refractivity contribution is -0.384. The van der Waals surface area contributed by atoms with Crippen LogP contribution in [0.1, 0.15) is 6.92 Å². The van der Waals surface area contributed by atoms with Crippen molar-refractivity contribution in [3.8, 4) is 0 Å². The number of aliphatic hydroxyl groups is 1. The lowest BCUT2D eigenvalue weighted by Crippen LogP contribution is -2.48. The monoisotopic (exact) mass is 300 g/mol. The van der Waals surface area contributed by atoms with Crippen molar-refractivity contribution in [1.82, 2.24) is 9.88 Å². The number of aromatic nitrogens is 1. The van der Waals surface area contributed by atoms with Crippen molar-refractivity contribution in [1.29, 1.82) is 0 Å². The third kappa shape index (κ3) is 3.56. The van der Waals surface area contributed by atoms with E-state index in [0.29, 0.717) is 25.5 Å². The topological polar surface area (TPSA) is 82.7 Å². The fourth-order valence-electron chi connectivity index (χ4n) is 2.32. The van der Waals surface area contributed by atoms with Gasteiger partial charge >= 0.3 is 5.69 Å². The Labute approximate surface area is 121 Å². The number of halogens is 1. The Kier molecular flexibility index (Phi) is 4.74. The minimum atomic E-state index is -0.462. The van der Waals surface area contributed by atoms with Gasteiger partial charge in [0.2, 0.25) is 5.82 Å². The number of anilines is 1. The molecule has 0 spiro atoms. The molecular formula is C12H17ClN4O3. The number of pyridine rings is 1. The maximum Gasteiger partial charge on any atom is 0.313 e. The first-order chi connectivity index (χ1) is 9.47. The average molecular weight is 301 g/mol. The van der Waals surface area contributed by atoms with E-state index < -0.39 is 4.92 Å². The molecule has 0 radical (unpaired) electrons. The van der Waals surface area contributed by atoms with Crippen molar-refractivity contribution >= 4 is 23.1 Å². The lowest BCUT2D eigenvalue weighted by Gasteiger charge is -2.35. The molecule has 2 rings (SSSR count). The molecule has 1 N–H and O–H groups in total. The molecule has 1 aromatic rings. The summed E-state index contributed by atoms with van der Waals surface area (Å²) >= 11 is 5.76. The van der Waals surface area contributed by atoms with Crippen LogP contribution in [0.15, 0.2) is 12.3 Å². The Hall–Kier alpha value is -1.44. The number of rotatable bonds is 4. The standard InChI is InChI=1S/C12H17ClN4O3/c1-9(18)8-15-2-4-16(5-3-15)12-11(17(19)20)6-10(13)7-14-12/h6-7,9,18H,2-5,8H2,1H3/t9-/m1/s1. The molecule has 0 aliphatic carbocycles. The molecule has 1 atom stereocenters. The number of piperazine rings is 1. The third-order valence-corrected chi connectivity index (χ3v) is 3.41. The van der Waals surface area contributed by atoms with Gasteiger partial charge in [0.15, 0.2) is 0 Å². The summed E-state index contributed by atoms with van der Waals surface area (Å²) in [5.74, 6) is 0.357. The second-order valence-corrected chi connectivity index (χ2v) is 5.33. The molecule has 0 bridgehead atoms. The van der Waals surface area contributed by atoms with E-state index in [1.54, 1.807) is 6.92 Å². The van der Waals surface area contributed by atoms with Gasteiger partial charge in [0.25, 0.3) is 0 Å². The van der Waals surface area contributed by atoms with Gasteiger partial charge in [-0.25, -0.2) is 4.98 Å². The van der Waals surface area contributed by atoms with Gasteiger partial charge < -0.3 is 10.0 Å². The minimum Gasteiger partial charge on any atom is -0.392 e. The molecule has 1 fully saturated rings. The van der Waals surface area contributed by atoms with Crippen molar-refractivity contribution in [2.24, 2.45) is 0 Å². The van der Waals surface area contributed by atoms with Crippen LogP contribution in [0, 0.1) is 10.1 Å². The summed E-state index contributed by atoms with van der Waals surface area (Å²) in [4.78, 5) is 18.7. The molecule has 7 nitrogen and oxygen atoms in total. The molecule has 0 aromatic carbocycles. The van der Waals surface area contributed by atoms with Crippen LogP contribution in [-0.2, 0) is 0 Å². The van der Waals surface area contributed by atoms with Gasteiger partial charge in [-0.15, -0.1) is 0 Å². The zero-order valence-corrected chi connectivity index (χ0v) is 12.0. The van der Waals surface area contributed by atoms with Gasteiger partial charge in [-0.2, -0.15) is 0 Å². The fourth-order valence-corrected chi connectivity index (χ4v) is 2.47. The summed E-state index contributed by atoms with van der Waals surface area (Å²) in [6, 6.07) is 1.33. The van der Waals surface area contributed by atoms with E-state index >= 15 is 0 Å². The normalized spacial score (nSPS) is 18.1. The summed E-state index contributed by atoms with van der Waals surface area (Å²) < 4.78 is 0. The highest BCUT2D eigenvalue weighted by molar-refractivity contribution is 6.30. The summed E-state index contributed by atoms with van der Waals surface area (Å²) in [5.41, 5.74) is -0.0681. The highest BCUT2D eigenvalue weighted by atomic mass is 35.5. The molecule has 1 saturated heterocycles. The maximum atomic E-state index is 11.1. The predicted molar refractivity (Wildman–Crippen MR) is 76.2 cm³/mol. The van der Waals surface area contributed by atoms with Crippen LogP contribution in [0.4, 0.5) is 11.5 Å². The molecule has 1 aromatic heterocycles. The number of β-amino-alcohol motifs (C(OH)–C–C–N with tert-alkyl or cyclic N) is 1. The molecule has 0 saturated carbocycles. The fraction of sp³-hybridized carbons (Fsp3) is 0.583. The Bertz CT molecular complexity index is 490. The molecule has 0 amide bonds. The number of hydrogen-bond acceptors (Lipinski definition) is 6. The van der Waals surface area contributed by atoms with Gasteiger partial charge in [-0.05, 0) is 6.92 Å². The van der Waals surface area contributed by atoms with Crippen LogP contribution in [0.25, 0.3) is 0 Å². The van der Waals surface area contributed by atoms with E-state index in [2.05, 4.69) is 9.88 Å². The second-order valence-electron chi connectivity index (χ2n) is 4.89. The van der Waals surface area contributed by atoms with Gasteiger partial charge in [-0.3, -0.25) is 15.0 Å². The van der Waals surface area contributed by atoms with Crippen LogP contribution in [0.5, 0.6) is 0 Å². The largest absolute Gasteiger partial charge is 0.392 e. The summed E-state index contributed by atoms with van der Waals surface area (Å²) in [6.45, 7) is 5.13. The van der Waals surface area contributed by atoms with E-state index in [0.717, 1.165) is 13.1 Å². The molecule has 1 aliphatic rings. The number of nitro groups is 1. The first kappa shape index (κ1) is 15.0. The lowest BCUT2D eigenvalue weighted by atomic mass is 10.2. The summed E-state index contributed by atoms with van der Waals surface area (Å²) in [5, 5.41) is 20.7. The number of hydrogen-bond donors (Lipinski definition) is 1. The zero-order chi connectivity index (χ0) is 14.7. The van der Waals surface area contributed by atoms with Gasteiger partial charge in [-0.1, -0.05) is 11.6 Å². The van der Waals surface area contributed by atoms with Gasteiger partial charge in [0, 0.05) is 45.0 Å². The molecule has 1 aliphatic heterocycles. The highest BCUT2D eigenvalue weighted by Gasteiger charge is 2.25. The van der Waals surface area contributed by atoms with Crippen LogP contribution in [-0.4, -0.2) is 58.7 Å². The van der Waals surface area contributed by atoms with Crippen LogP contribution in [0.2, 0.25) is 5.02 Å². The first-order valence-electron chi connectivity index (χ1n) is 6.42. The first-order valence-corrected chi connectivity index (χ1v) is 6.80. The van der Waals surface area contributed by atoms with Gasteiger partial charge in [0.1, 0.15) is 0 Å². The van der Waals surface area contributed by atoms with Crippen molar-refractivity contribution in [3.05, 3.63) is 27.4 Å². The Morgan fingerprint density at radius 3 is 2.70 bits per heavy atom. The van der Waals surface area contributed by atoms with E-state index in [1.165, 1.54) is 12.3 Å². The second kappa shape index (κ2) is 6.34. The molecule has 20 heavy (non-hydrogen) atoms. The maximum absolute atomic E-state index is 11.1. The molecule has 110 valence electrons.